The number of hydrogen-bond acceptors (Lipinski definition) is 1. The molecule has 1 heterocycles. The van der Waals surface area contributed by atoms with Crippen LogP contribution in [0.25, 0.3) is 0 Å². The maximum Gasteiger partial charge on any atom is 0.413 e. The Balaban J connectivity index is 0.000000845. The van der Waals surface area contributed by atoms with Crippen molar-refractivity contribution in [1.82, 2.24) is 9.88 Å². The van der Waals surface area contributed by atoms with Crippen LogP contribution in [-0.2, 0) is 7.05 Å². The van der Waals surface area contributed by atoms with Crippen molar-refractivity contribution < 1.29 is 33.3 Å². The molecule has 13 heavy (non-hydrogen) atoms. The highest BCUT2D eigenvalue weighted by atomic mass is 127. The molecule has 1 amide bonds. The lowest BCUT2D eigenvalue weighted by Crippen LogP contribution is -3.00. The Bertz CT molecular complexity index is 306. The standard InChI is InChI=1S/C8H11N3O.HI/c1-10-4-5-11(6-10)8(12)9-7-2-3-7;/h4-7H,2-3H2,1H3;1H. The van der Waals surface area contributed by atoms with Gasteiger partial charge in [-0.15, -0.1) is 0 Å². The number of halogens is 1. The molecule has 1 aliphatic carbocycles. The van der Waals surface area contributed by atoms with Crippen LogP contribution < -0.4 is 33.9 Å². The normalized spacial score (nSPS) is 14.8. The quantitative estimate of drug-likeness (QED) is 0.436. The van der Waals surface area contributed by atoms with Gasteiger partial charge in [0.2, 0.25) is 0 Å². The molecule has 4 nitrogen and oxygen atoms in total. The second-order valence-electron chi connectivity index (χ2n) is 3.21. The van der Waals surface area contributed by atoms with Crippen molar-refractivity contribution in [3.05, 3.63) is 18.7 Å². The molecular weight excluding hydrogens is 281 g/mol. The molecule has 1 aromatic heterocycles. The Morgan fingerprint density at radius 2 is 2.31 bits per heavy atom. The van der Waals surface area contributed by atoms with E-state index in [1.165, 1.54) is 0 Å². The van der Waals surface area contributed by atoms with E-state index in [9.17, 15) is 4.79 Å². The summed E-state index contributed by atoms with van der Waals surface area (Å²) in [6.07, 6.45) is 7.58. The van der Waals surface area contributed by atoms with Gasteiger partial charge in [-0.25, -0.2) is 9.36 Å². The highest BCUT2D eigenvalue weighted by Crippen LogP contribution is 2.18. The fourth-order valence-corrected chi connectivity index (χ4v) is 1.05. The monoisotopic (exact) mass is 293 g/mol. The van der Waals surface area contributed by atoms with E-state index < -0.39 is 0 Å². The molecule has 5 heteroatoms. The third-order valence-corrected chi connectivity index (χ3v) is 1.91. The zero-order chi connectivity index (χ0) is 8.55. The van der Waals surface area contributed by atoms with Gasteiger partial charge in [0.25, 0.3) is 6.33 Å². The van der Waals surface area contributed by atoms with E-state index in [0.717, 1.165) is 12.8 Å². The first-order valence-corrected chi connectivity index (χ1v) is 4.10. The zero-order valence-corrected chi connectivity index (χ0v) is 9.56. The molecule has 1 N–H and O–H groups in total. The molecule has 0 unspecified atom stereocenters. The SMILES string of the molecule is C[n+]1ccn(C(=O)NC2CC2)c1.[I-]. The van der Waals surface area contributed by atoms with Crippen LogP contribution >= 0.6 is 0 Å². The first-order chi connectivity index (χ1) is 5.75. The molecule has 1 saturated carbocycles. The van der Waals surface area contributed by atoms with Crippen molar-refractivity contribution in [3.63, 3.8) is 0 Å². The summed E-state index contributed by atoms with van der Waals surface area (Å²) in [5.74, 6) is 0. The Morgan fingerprint density at radius 1 is 1.62 bits per heavy atom. The minimum absolute atomic E-state index is 0. The maximum atomic E-state index is 11.3. The Kier molecular flexibility index (Phi) is 3.29. The van der Waals surface area contributed by atoms with Crippen LogP contribution in [0.1, 0.15) is 12.8 Å². The summed E-state index contributed by atoms with van der Waals surface area (Å²) in [6, 6.07) is 0.392. The van der Waals surface area contributed by atoms with Crippen LogP contribution in [0.4, 0.5) is 4.79 Å². The molecule has 72 valence electrons. The number of nitrogens with one attached hydrogen (secondary N) is 1. The zero-order valence-electron chi connectivity index (χ0n) is 7.40. The minimum atomic E-state index is -0.0295. The number of rotatable bonds is 1. The predicted octanol–water partition coefficient (Wildman–Crippen LogP) is -2.96. The lowest BCUT2D eigenvalue weighted by Gasteiger charge is -1.95. The van der Waals surface area contributed by atoms with Crippen LogP contribution in [0.5, 0.6) is 0 Å². The van der Waals surface area contributed by atoms with E-state index in [1.807, 2.05) is 17.8 Å². The van der Waals surface area contributed by atoms with Crippen molar-refractivity contribution >= 4 is 6.03 Å². The summed E-state index contributed by atoms with van der Waals surface area (Å²) in [5, 5.41) is 2.89. The largest absolute Gasteiger partial charge is 1.00 e. The molecule has 1 fully saturated rings. The third-order valence-electron chi connectivity index (χ3n) is 1.91. The average Bonchev–Trinajstić information content (AvgIpc) is 2.72. The number of imidazole rings is 1. The number of amides is 1. The van der Waals surface area contributed by atoms with Gasteiger partial charge in [0.15, 0.2) is 0 Å². The summed E-state index contributed by atoms with van der Waals surface area (Å²) in [4.78, 5) is 11.3. The van der Waals surface area contributed by atoms with Crippen molar-refractivity contribution in [2.24, 2.45) is 7.05 Å². The van der Waals surface area contributed by atoms with E-state index in [1.54, 1.807) is 17.1 Å². The predicted molar refractivity (Wildman–Crippen MR) is 42.6 cm³/mol. The number of aryl methyl sites for hydroxylation is 1. The van der Waals surface area contributed by atoms with Crippen molar-refractivity contribution in [2.45, 2.75) is 18.9 Å². The number of carbonyl (C=O) groups excluding carboxylic acids is 1. The van der Waals surface area contributed by atoms with Gasteiger partial charge in [-0.3, -0.25) is 0 Å². The maximum absolute atomic E-state index is 11.3. The van der Waals surface area contributed by atoms with Crippen molar-refractivity contribution in [1.29, 1.82) is 0 Å². The van der Waals surface area contributed by atoms with Crippen LogP contribution in [0.2, 0.25) is 0 Å². The fourth-order valence-electron chi connectivity index (χ4n) is 1.05. The Hall–Kier alpha value is -0.590. The molecule has 0 saturated heterocycles. The highest BCUT2D eigenvalue weighted by molar-refractivity contribution is 5.76. The lowest BCUT2D eigenvalue weighted by molar-refractivity contribution is -0.670. The van der Waals surface area contributed by atoms with Crippen LogP contribution in [-0.4, -0.2) is 16.6 Å². The summed E-state index contributed by atoms with van der Waals surface area (Å²) in [7, 11) is 1.89. The van der Waals surface area contributed by atoms with Crippen molar-refractivity contribution in [2.75, 3.05) is 0 Å². The molecule has 0 spiro atoms. The Morgan fingerprint density at radius 3 is 2.77 bits per heavy atom. The number of nitrogens with zero attached hydrogens (tertiary/aromatic N) is 2. The summed E-state index contributed by atoms with van der Waals surface area (Å²) in [5.41, 5.74) is 0. The van der Waals surface area contributed by atoms with E-state index in [4.69, 9.17) is 0 Å². The van der Waals surface area contributed by atoms with Crippen LogP contribution in [0.15, 0.2) is 18.7 Å². The summed E-state index contributed by atoms with van der Waals surface area (Å²) >= 11 is 0. The van der Waals surface area contributed by atoms with Gasteiger partial charge >= 0.3 is 6.03 Å². The fraction of sp³-hybridized carbons (Fsp3) is 0.500. The van der Waals surface area contributed by atoms with Gasteiger partial charge in [0, 0.05) is 6.04 Å². The van der Waals surface area contributed by atoms with Gasteiger partial charge in [-0.05, 0) is 12.8 Å². The molecule has 1 aromatic rings. The summed E-state index contributed by atoms with van der Waals surface area (Å²) < 4.78 is 3.39. The average molecular weight is 293 g/mol. The second-order valence-corrected chi connectivity index (χ2v) is 3.21. The molecule has 2 rings (SSSR count). The second kappa shape index (κ2) is 4.08. The molecule has 0 aromatic carbocycles. The van der Waals surface area contributed by atoms with E-state index in [2.05, 4.69) is 5.32 Å². The molecule has 0 aliphatic heterocycles. The van der Waals surface area contributed by atoms with Gasteiger partial charge in [-0.2, -0.15) is 4.57 Å². The molecule has 0 bridgehead atoms. The van der Waals surface area contributed by atoms with Crippen LogP contribution in [0.3, 0.4) is 0 Å². The smallest absolute Gasteiger partial charge is 0.413 e. The van der Waals surface area contributed by atoms with Gasteiger partial charge in [-0.1, -0.05) is 0 Å². The molecular formula is C8H12IN3O. The van der Waals surface area contributed by atoms with Gasteiger partial charge in [0.1, 0.15) is 12.4 Å². The van der Waals surface area contributed by atoms with Gasteiger partial charge in [0.05, 0.1) is 7.05 Å². The first-order valence-electron chi connectivity index (χ1n) is 4.10. The highest BCUT2D eigenvalue weighted by Gasteiger charge is 2.25. The number of aromatic nitrogens is 2. The lowest BCUT2D eigenvalue weighted by atomic mass is 10.7. The molecule has 0 radical (unpaired) electrons. The van der Waals surface area contributed by atoms with Gasteiger partial charge < -0.3 is 29.3 Å². The summed E-state index contributed by atoms with van der Waals surface area (Å²) in [6.45, 7) is 0. The van der Waals surface area contributed by atoms with E-state index >= 15 is 0 Å². The van der Waals surface area contributed by atoms with Crippen molar-refractivity contribution in [3.8, 4) is 0 Å². The molecule has 0 atom stereocenters. The first kappa shape index (κ1) is 10.5. The minimum Gasteiger partial charge on any atom is -1.00 e. The van der Waals surface area contributed by atoms with Crippen LogP contribution in [0, 0.1) is 0 Å². The number of hydrogen-bond donors (Lipinski definition) is 1. The Labute approximate surface area is 94.0 Å². The number of carbonyl (C=O) groups is 1. The third kappa shape index (κ3) is 2.68. The van der Waals surface area contributed by atoms with E-state index in [0.29, 0.717) is 6.04 Å². The van der Waals surface area contributed by atoms with E-state index in [-0.39, 0.29) is 30.0 Å². The topological polar surface area (TPSA) is 37.9 Å². The molecule has 1 aliphatic rings.